The molecule has 0 unspecified atom stereocenters. The minimum Gasteiger partial charge on any atom is -0.489 e. The Morgan fingerprint density at radius 1 is 0.586 bits per heavy atom. The number of aliphatic hydroxyl groups excluding tert-OH is 2. The quantitative estimate of drug-likeness (QED) is 0.0318. The summed E-state index contributed by atoms with van der Waals surface area (Å²) in [7, 11) is 0. The third-order valence-corrected chi connectivity index (χ3v) is 11.6. The minimum absolute atomic E-state index is 0.0195. The Labute approximate surface area is 414 Å². The van der Waals surface area contributed by atoms with Crippen LogP contribution in [0.2, 0.25) is 10.0 Å². The van der Waals surface area contributed by atoms with Crippen LogP contribution in [0.15, 0.2) is 97.6 Å². The van der Waals surface area contributed by atoms with Gasteiger partial charge in [-0.05, 0) is 78.1 Å². The van der Waals surface area contributed by atoms with Crippen LogP contribution in [0.25, 0.3) is 11.1 Å². The first-order valence-electron chi connectivity index (χ1n) is 21.9. The maximum Gasteiger partial charge on any atom is 0.306 e. The molecule has 0 aliphatic rings. The lowest BCUT2D eigenvalue weighted by Crippen LogP contribution is -2.28. The number of aliphatic carboxylic acids is 2. The SMILES string of the molecule is Cc1c(COc2cc(OCc3cncc(C#N)c3)c(CNC[C@@H](O)CC(=O)O)cc2Cl)cccc1-c1cccc(OCc2cc(OCc3cncc(C#N)c3)c(CNC[C@@H](O)CC(=O)O)cc2Cl)c1C. The lowest BCUT2D eigenvalue weighted by atomic mass is 9.93. The van der Waals surface area contributed by atoms with Gasteiger partial charge >= 0.3 is 11.9 Å². The number of aromatic nitrogens is 2. The number of rotatable bonds is 25. The third-order valence-electron chi connectivity index (χ3n) is 11.0. The van der Waals surface area contributed by atoms with Crippen LogP contribution in [0.4, 0.5) is 0 Å². The number of halogens is 2. The number of benzene rings is 4. The molecule has 0 amide bonds. The Kier molecular flexibility index (Phi) is 18.9. The van der Waals surface area contributed by atoms with Gasteiger partial charge in [-0.1, -0.05) is 53.5 Å². The van der Waals surface area contributed by atoms with Crippen LogP contribution in [-0.4, -0.2) is 67.6 Å². The number of carboxylic acid groups (broad SMARTS) is 2. The fourth-order valence-electron chi connectivity index (χ4n) is 7.36. The fourth-order valence-corrected chi connectivity index (χ4v) is 7.84. The normalized spacial score (nSPS) is 11.8. The van der Waals surface area contributed by atoms with Crippen LogP contribution in [0.1, 0.15) is 68.5 Å². The molecule has 362 valence electrons. The molecule has 16 nitrogen and oxygen atoms in total. The zero-order valence-corrected chi connectivity index (χ0v) is 39.8. The van der Waals surface area contributed by atoms with Gasteiger partial charge < -0.3 is 50.0 Å². The topological polar surface area (TPSA) is 249 Å². The summed E-state index contributed by atoms with van der Waals surface area (Å²) >= 11 is 13.6. The van der Waals surface area contributed by atoms with Crippen LogP contribution in [0.3, 0.4) is 0 Å². The molecule has 0 fully saturated rings. The molecule has 2 aromatic heterocycles. The molecule has 4 aromatic carbocycles. The standard InChI is InChI=1S/C52H50Cl2N6O10/c1-31-37(29-70-50-16-49(68-28-36-10-34(18-56)20-58-22-36)39(12-46(50)54)24-60-26-42(62)15-52(65)66)5-3-6-43(31)44-7-4-8-47(32(44)2)69-30-40-13-48(67-27-35-9-33(17-55)19-57-21-35)38(11-45(40)53)23-59-25-41(61)14-51(63)64/h3-13,16,19-22,41-42,59-62H,14-15,23-30H2,1-2H3,(H,63,64)(H,65,66)/t41-,42-/m0/s1. The van der Waals surface area contributed by atoms with E-state index in [0.717, 1.165) is 27.8 Å². The smallest absolute Gasteiger partial charge is 0.306 e. The Balaban J connectivity index is 1.18. The van der Waals surface area contributed by atoms with Crippen molar-refractivity contribution >= 4 is 35.1 Å². The number of aliphatic hydroxyl groups is 2. The second-order valence-electron chi connectivity index (χ2n) is 16.3. The van der Waals surface area contributed by atoms with Gasteiger partial charge in [0.25, 0.3) is 0 Å². The van der Waals surface area contributed by atoms with Gasteiger partial charge in [-0.2, -0.15) is 10.5 Å². The summed E-state index contributed by atoms with van der Waals surface area (Å²) < 4.78 is 25.2. The Bertz CT molecular complexity index is 2710. The maximum absolute atomic E-state index is 11.1. The minimum atomic E-state index is -1.11. The number of nitrogens with one attached hydrogen (secondary N) is 2. The monoisotopic (exact) mass is 988 g/mol. The van der Waals surface area contributed by atoms with E-state index in [4.69, 9.17) is 52.4 Å². The van der Waals surface area contributed by atoms with Crippen molar-refractivity contribution in [2.75, 3.05) is 13.1 Å². The van der Waals surface area contributed by atoms with E-state index in [1.165, 1.54) is 12.4 Å². The summed E-state index contributed by atoms with van der Waals surface area (Å²) in [6.07, 6.45) is 3.10. The number of hydrogen-bond donors (Lipinski definition) is 6. The van der Waals surface area contributed by atoms with Crippen molar-refractivity contribution in [3.8, 4) is 46.3 Å². The molecule has 6 rings (SSSR count). The van der Waals surface area contributed by atoms with Crippen LogP contribution in [0, 0.1) is 36.5 Å². The number of nitriles is 2. The molecule has 0 spiro atoms. The average molecular weight is 990 g/mol. The van der Waals surface area contributed by atoms with Gasteiger partial charge in [-0.15, -0.1) is 0 Å². The average Bonchev–Trinajstić information content (AvgIpc) is 3.33. The van der Waals surface area contributed by atoms with E-state index < -0.39 is 37.0 Å². The number of carboxylic acids is 2. The van der Waals surface area contributed by atoms with Crippen molar-refractivity contribution in [3.63, 3.8) is 0 Å². The Morgan fingerprint density at radius 3 is 1.63 bits per heavy atom. The molecule has 0 aliphatic carbocycles. The van der Waals surface area contributed by atoms with E-state index in [2.05, 4.69) is 32.7 Å². The highest BCUT2D eigenvalue weighted by Crippen LogP contribution is 2.37. The van der Waals surface area contributed by atoms with E-state index in [1.807, 2.05) is 50.2 Å². The lowest BCUT2D eigenvalue weighted by Gasteiger charge is -2.19. The third kappa shape index (κ3) is 14.9. The highest BCUT2D eigenvalue weighted by Gasteiger charge is 2.18. The Morgan fingerprint density at radius 2 is 1.07 bits per heavy atom. The second kappa shape index (κ2) is 25.4. The molecule has 6 N–H and O–H groups in total. The summed E-state index contributed by atoms with van der Waals surface area (Å²) in [6.45, 7) is 4.84. The van der Waals surface area contributed by atoms with Crippen molar-refractivity contribution in [3.05, 3.63) is 163 Å². The zero-order chi connectivity index (χ0) is 50.2. The molecule has 2 heterocycles. The molecule has 0 saturated heterocycles. The van der Waals surface area contributed by atoms with Crippen LogP contribution >= 0.6 is 23.2 Å². The van der Waals surface area contributed by atoms with E-state index in [9.17, 15) is 30.3 Å². The molecule has 0 bridgehead atoms. The number of hydrogen-bond acceptors (Lipinski definition) is 14. The van der Waals surface area contributed by atoms with E-state index in [1.54, 1.807) is 48.8 Å². The number of ether oxygens (including phenoxy) is 4. The van der Waals surface area contributed by atoms with Crippen molar-refractivity contribution in [2.45, 2.75) is 78.4 Å². The number of pyridine rings is 2. The van der Waals surface area contributed by atoms with Crippen molar-refractivity contribution < 1.29 is 49.0 Å². The molecular weight excluding hydrogens is 940 g/mol. The first-order valence-corrected chi connectivity index (χ1v) is 22.7. The summed E-state index contributed by atoms with van der Waals surface area (Å²) in [5, 5.41) is 63.8. The van der Waals surface area contributed by atoms with Crippen LogP contribution in [0.5, 0.6) is 23.0 Å². The molecule has 0 saturated carbocycles. The van der Waals surface area contributed by atoms with Crippen molar-refractivity contribution in [1.29, 1.82) is 10.5 Å². The number of nitrogens with zero attached hydrogens (tertiary/aromatic N) is 4. The second-order valence-corrected chi connectivity index (χ2v) is 17.1. The highest BCUT2D eigenvalue weighted by molar-refractivity contribution is 6.32. The maximum atomic E-state index is 11.1. The molecule has 6 aromatic rings. The predicted octanol–water partition coefficient (Wildman–Crippen LogP) is 7.98. The van der Waals surface area contributed by atoms with Gasteiger partial charge in [0, 0.05) is 89.9 Å². The largest absolute Gasteiger partial charge is 0.489 e. The summed E-state index contributed by atoms with van der Waals surface area (Å²) in [5.74, 6) is -0.369. The van der Waals surface area contributed by atoms with Gasteiger partial charge in [-0.3, -0.25) is 19.6 Å². The molecule has 0 radical (unpaired) electrons. The van der Waals surface area contributed by atoms with Gasteiger partial charge in [0.1, 0.15) is 61.6 Å². The summed E-state index contributed by atoms with van der Waals surface area (Å²) in [4.78, 5) is 30.3. The molecule has 18 heteroatoms. The van der Waals surface area contributed by atoms with Gasteiger partial charge in [-0.25, -0.2) is 0 Å². The number of carbonyl (C=O) groups is 2. The van der Waals surface area contributed by atoms with Crippen LogP contribution < -0.4 is 29.6 Å². The van der Waals surface area contributed by atoms with Crippen molar-refractivity contribution in [2.24, 2.45) is 0 Å². The van der Waals surface area contributed by atoms with Crippen LogP contribution in [-0.2, 0) is 49.1 Å². The molecule has 2 atom stereocenters. The summed E-state index contributed by atoms with van der Waals surface area (Å²) in [6, 6.07) is 26.1. The molecular formula is C52H50Cl2N6O10. The first-order chi connectivity index (χ1) is 33.7. The van der Waals surface area contributed by atoms with Gasteiger partial charge in [0.15, 0.2) is 0 Å². The molecule has 70 heavy (non-hydrogen) atoms. The first kappa shape index (κ1) is 52.1. The van der Waals surface area contributed by atoms with E-state index in [0.29, 0.717) is 72.0 Å². The highest BCUT2D eigenvalue weighted by atomic mass is 35.5. The zero-order valence-electron chi connectivity index (χ0n) is 38.2. The van der Waals surface area contributed by atoms with E-state index in [-0.39, 0.29) is 52.6 Å². The predicted molar refractivity (Wildman–Crippen MR) is 259 cm³/mol. The lowest BCUT2D eigenvalue weighted by molar-refractivity contribution is -0.140. The fraction of sp³-hybridized carbons (Fsp3) is 0.269. The van der Waals surface area contributed by atoms with Gasteiger partial charge in [0.2, 0.25) is 0 Å². The Hall–Kier alpha value is -7.28. The van der Waals surface area contributed by atoms with Crippen molar-refractivity contribution in [1.82, 2.24) is 20.6 Å². The van der Waals surface area contributed by atoms with Gasteiger partial charge in [0.05, 0.1) is 41.2 Å². The molecule has 0 aliphatic heterocycles. The van der Waals surface area contributed by atoms with E-state index >= 15 is 0 Å². The summed E-state index contributed by atoms with van der Waals surface area (Å²) in [5.41, 5.74) is 8.63.